The third-order valence-electron chi connectivity index (χ3n) is 3.99. The number of alkyl halides is 1. The number of amides is 1. The molecule has 22 heavy (non-hydrogen) atoms. The predicted molar refractivity (Wildman–Crippen MR) is 77.9 cm³/mol. The standard InChI is InChI=1S/C16H20FNO4/c1-21-14(19)16(9-10-17)8-5-11-18(16)15(20)22-12-13-6-3-2-4-7-13/h2-4,6-7H,5,8-12H2,1H3. The summed E-state index contributed by atoms with van der Waals surface area (Å²) >= 11 is 0. The molecular weight excluding hydrogens is 289 g/mol. The van der Waals surface area contributed by atoms with Gasteiger partial charge in [0.1, 0.15) is 12.1 Å². The highest BCUT2D eigenvalue weighted by atomic mass is 19.1. The van der Waals surface area contributed by atoms with Gasteiger partial charge < -0.3 is 9.47 Å². The van der Waals surface area contributed by atoms with E-state index in [2.05, 4.69) is 0 Å². The van der Waals surface area contributed by atoms with E-state index < -0.39 is 24.3 Å². The first kappa shape index (κ1) is 16.3. The molecule has 5 nitrogen and oxygen atoms in total. The van der Waals surface area contributed by atoms with Crippen LogP contribution in [0.3, 0.4) is 0 Å². The predicted octanol–water partition coefficient (Wildman–Crippen LogP) is 2.69. The third-order valence-corrected chi connectivity index (χ3v) is 3.99. The van der Waals surface area contributed by atoms with E-state index in [-0.39, 0.29) is 13.0 Å². The number of rotatable bonds is 5. The maximum Gasteiger partial charge on any atom is 0.411 e. The van der Waals surface area contributed by atoms with Crippen molar-refractivity contribution < 1.29 is 23.5 Å². The molecule has 1 saturated heterocycles. The van der Waals surface area contributed by atoms with Crippen molar-refractivity contribution in [2.75, 3.05) is 20.3 Å². The van der Waals surface area contributed by atoms with Crippen molar-refractivity contribution in [3.63, 3.8) is 0 Å². The summed E-state index contributed by atoms with van der Waals surface area (Å²) < 4.78 is 22.9. The summed E-state index contributed by atoms with van der Waals surface area (Å²) in [5.74, 6) is -0.584. The van der Waals surface area contributed by atoms with Crippen LogP contribution in [0.4, 0.5) is 9.18 Å². The Balaban J connectivity index is 2.07. The number of halogens is 1. The summed E-state index contributed by atoms with van der Waals surface area (Å²) in [6.45, 7) is -0.219. The number of likely N-dealkylation sites (tertiary alicyclic amines) is 1. The van der Waals surface area contributed by atoms with E-state index in [1.165, 1.54) is 12.0 Å². The number of methoxy groups -OCH3 is 1. The second kappa shape index (κ2) is 7.24. The minimum atomic E-state index is -1.24. The molecule has 0 aromatic heterocycles. The number of hydrogen-bond acceptors (Lipinski definition) is 4. The van der Waals surface area contributed by atoms with Gasteiger partial charge in [-0.15, -0.1) is 0 Å². The number of carbonyl (C=O) groups is 2. The second-order valence-corrected chi connectivity index (χ2v) is 5.26. The summed E-state index contributed by atoms with van der Waals surface area (Å²) in [5.41, 5.74) is -0.388. The van der Waals surface area contributed by atoms with Crippen LogP contribution < -0.4 is 0 Å². The fourth-order valence-electron chi connectivity index (χ4n) is 2.86. The number of hydrogen-bond donors (Lipinski definition) is 0. The third kappa shape index (κ3) is 3.21. The molecule has 1 atom stereocenters. The van der Waals surface area contributed by atoms with Crippen LogP contribution in [-0.4, -0.2) is 42.8 Å². The van der Waals surface area contributed by atoms with E-state index in [1.807, 2.05) is 30.3 Å². The van der Waals surface area contributed by atoms with Crippen LogP contribution in [0.15, 0.2) is 30.3 Å². The fraction of sp³-hybridized carbons (Fsp3) is 0.500. The van der Waals surface area contributed by atoms with E-state index in [4.69, 9.17) is 9.47 Å². The Morgan fingerprint density at radius 2 is 2.05 bits per heavy atom. The molecule has 6 heteroatoms. The molecule has 1 unspecified atom stereocenters. The molecule has 2 rings (SSSR count). The number of carbonyl (C=O) groups excluding carboxylic acids is 2. The van der Waals surface area contributed by atoms with Gasteiger partial charge in [-0.1, -0.05) is 30.3 Å². The van der Waals surface area contributed by atoms with Gasteiger partial charge in [-0.2, -0.15) is 0 Å². The summed E-state index contributed by atoms with van der Waals surface area (Å²) in [6.07, 6.45) is 0.333. The summed E-state index contributed by atoms with van der Waals surface area (Å²) in [5, 5.41) is 0. The zero-order valence-corrected chi connectivity index (χ0v) is 12.6. The van der Waals surface area contributed by atoms with Gasteiger partial charge in [-0.3, -0.25) is 9.29 Å². The minimum absolute atomic E-state index is 0.0693. The maximum absolute atomic E-state index is 12.9. The minimum Gasteiger partial charge on any atom is -0.467 e. The lowest BCUT2D eigenvalue weighted by molar-refractivity contribution is -0.153. The second-order valence-electron chi connectivity index (χ2n) is 5.26. The lowest BCUT2D eigenvalue weighted by atomic mass is 9.93. The highest BCUT2D eigenvalue weighted by molar-refractivity contribution is 5.86. The van der Waals surface area contributed by atoms with Gasteiger partial charge in [0.25, 0.3) is 0 Å². The number of nitrogens with zero attached hydrogens (tertiary/aromatic N) is 1. The molecule has 0 N–H and O–H groups in total. The van der Waals surface area contributed by atoms with Crippen LogP contribution in [0, 0.1) is 0 Å². The number of benzene rings is 1. The van der Waals surface area contributed by atoms with Crippen LogP contribution >= 0.6 is 0 Å². The first-order chi connectivity index (χ1) is 10.6. The number of esters is 1. The Morgan fingerprint density at radius 3 is 2.68 bits per heavy atom. The van der Waals surface area contributed by atoms with Gasteiger partial charge in [0.05, 0.1) is 13.8 Å². The molecule has 0 spiro atoms. The van der Waals surface area contributed by atoms with Crippen LogP contribution in [-0.2, 0) is 20.9 Å². The maximum atomic E-state index is 12.9. The molecule has 120 valence electrons. The molecule has 1 aromatic carbocycles. The van der Waals surface area contributed by atoms with Crippen LogP contribution in [0.5, 0.6) is 0 Å². The normalized spacial score (nSPS) is 20.7. The van der Waals surface area contributed by atoms with E-state index in [0.29, 0.717) is 19.4 Å². The van der Waals surface area contributed by atoms with E-state index in [1.54, 1.807) is 0 Å². The zero-order valence-electron chi connectivity index (χ0n) is 12.6. The monoisotopic (exact) mass is 309 g/mol. The first-order valence-corrected chi connectivity index (χ1v) is 7.27. The molecule has 0 aliphatic carbocycles. The van der Waals surface area contributed by atoms with Crippen molar-refractivity contribution in [1.82, 2.24) is 4.90 Å². The van der Waals surface area contributed by atoms with Crippen molar-refractivity contribution in [3.8, 4) is 0 Å². The van der Waals surface area contributed by atoms with E-state index in [0.717, 1.165) is 5.56 Å². The van der Waals surface area contributed by atoms with Gasteiger partial charge in [0, 0.05) is 13.0 Å². The average molecular weight is 309 g/mol. The molecule has 0 bridgehead atoms. The van der Waals surface area contributed by atoms with Crippen molar-refractivity contribution in [1.29, 1.82) is 0 Å². The molecule has 1 aliphatic rings. The Bertz CT molecular complexity index is 522. The molecule has 0 saturated carbocycles. The highest BCUT2D eigenvalue weighted by Gasteiger charge is 2.51. The van der Waals surface area contributed by atoms with Gasteiger partial charge in [-0.05, 0) is 18.4 Å². The largest absolute Gasteiger partial charge is 0.467 e. The smallest absolute Gasteiger partial charge is 0.411 e. The molecular formula is C16H20FNO4. The molecule has 1 heterocycles. The summed E-state index contributed by atoms with van der Waals surface area (Å²) in [7, 11) is 1.24. The quantitative estimate of drug-likeness (QED) is 0.785. The van der Waals surface area contributed by atoms with Crippen molar-refractivity contribution in [2.45, 2.75) is 31.4 Å². The lowest BCUT2D eigenvalue weighted by Crippen LogP contribution is -2.54. The first-order valence-electron chi connectivity index (χ1n) is 7.27. The van der Waals surface area contributed by atoms with Crippen LogP contribution in [0.25, 0.3) is 0 Å². The lowest BCUT2D eigenvalue weighted by Gasteiger charge is -2.34. The van der Waals surface area contributed by atoms with Gasteiger partial charge in [0.2, 0.25) is 0 Å². The van der Waals surface area contributed by atoms with Crippen LogP contribution in [0.2, 0.25) is 0 Å². The SMILES string of the molecule is COC(=O)C1(CCF)CCCN1C(=O)OCc1ccccc1. The summed E-state index contributed by atoms with van der Waals surface area (Å²) in [4.78, 5) is 25.7. The average Bonchev–Trinajstić information content (AvgIpc) is 2.98. The highest BCUT2D eigenvalue weighted by Crippen LogP contribution is 2.34. The number of ether oxygens (including phenoxy) is 2. The molecule has 1 aliphatic heterocycles. The topological polar surface area (TPSA) is 55.8 Å². The fourth-order valence-corrected chi connectivity index (χ4v) is 2.86. The Kier molecular flexibility index (Phi) is 5.35. The van der Waals surface area contributed by atoms with Gasteiger partial charge >= 0.3 is 12.1 Å². The summed E-state index contributed by atoms with van der Waals surface area (Å²) in [6, 6.07) is 9.25. The van der Waals surface area contributed by atoms with Crippen LogP contribution in [0.1, 0.15) is 24.8 Å². The molecule has 1 aromatic rings. The van der Waals surface area contributed by atoms with E-state index >= 15 is 0 Å². The Hall–Kier alpha value is -2.11. The molecule has 1 amide bonds. The van der Waals surface area contributed by atoms with E-state index in [9.17, 15) is 14.0 Å². The van der Waals surface area contributed by atoms with Crippen molar-refractivity contribution >= 4 is 12.1 Å². The van der Waals surface area contributed by atoms with Gasteiger partial charge in [-0.25, -0.2) is 9.59 Å². The Morgan fingerprint density at radius 1 is 1.32 bits per heavy atom. The van der Waals surface area contributed by atoms with Crippen molar-refractivity contribution in [3.05, 3.63) is 35.9 Å². The Labute approximate surface area is 129 Å². The van der Waals surface area contributed by atoms with Crippen molar-refractivity contribution in [2.24, 2.45) is 0 Å². The molecule has 0 radical (unpaired) electrons. The van der Waals surface area contributed by atoms with Gasteiger partial charge in [0.15, 0.2) is 0 Å². The zero-order chi connectivity index (χ0) is 16.0. The molecule has 1 fully saturated rings.